The van der Waals surface area contributed by atoms with Crippen molar-refractivity contribution in [3.63, 3.8) is 0 Å². The van der Waals surface area contributed by atoms with Crippen LogP contribution in [0.3, 0.4) is 0 Å². The summed E-state index contributed by atoms with van der Waals surface area (Å²) < 4.78 is 47.3. The summed E-state index contributed by atoms with van der Waals surface area (Å²) in [6.07, 6.45) is -4.52. The van der Waals surface area contributed by atoms with E-state index in [4.69, 9.17) is 15.0 Å². The second kappa shape index (κ2) is 12.5. The maximum atomic E-state index is 14.2. The molecule has 54 heavy (non-hydrogen) atoms. The van der Waals surface area contributed by atoms with Gasteiger partial charge in [-0.1, -0.05) is 115 Å². The minimum Gasteiger partial charge on any atom is -0.309 e. The molecule has 0 saturated heterocycles. The average molecular weight is 725 g/mol. The second-order valence-corrected chi connectivity index (χ2v) is 14.2. The zero-order valence-corrected chi connectivity index (χ0v) is 29.2. The fraction of sp³-hybridized carbons (Fsp3) is 0.0217. The molecule has 0 fully saturated rings. The van der Waals surface area contributed by atoms with Crippen LogP contribution < -0.4 is 0 Å². The first kappa shape index (κ1) is 32.0. The average Bonchev–Trinajstić information content (AvgIpc) is 3.77. The Labute approximate surface area is 311 Å². The molecule has 0 amide bonds. The van der Waals surface area contributed by atoms with Gasteiger partial charge in [-0.2, -0.15) is 13.2 Å². The Morgan fingerprint density at radius 2 is 1.07 bits per heavy atom. The highest BCUT2D eigenvalue weighted by molar-refractivity contribution is 7.26. The Hall–Kier alpha value is -6.64. The normalized spacial score (nSPS) is 12.0. The van der Waals surface area contributed by atoms with Gasteiger partial charge in [-0.15, -0.1) is 11.3 Å². The first-order chi connectivity index (χ1) is 26.4. The van der Waals surface area contributed by atoms with Gasteiger partial charge in [0.05, 0.1) is 22.3 Å². The number of para-hydroxylation sites is 1. The summed E-state index contributed by atoms with van der Waals surface area (Å²) in [5.74, 6) is 1.41. The van der Waals surface area contributed by atoms with E-state index in [9.17, 15) is 13.2 Å². The van der Waals surface area contributed by atoms with E-state index >= 15 is 0 Å². The van der Waals surface area contributed by atoms with Crippen LogP contribution >= 0.6 is 11.3 Å². The van der Waals surface area contributed by atoms with Crippen molar-refractivity contribution in [2.75, 3.05) is 0 Å². The van der Waals surface area contributed by atoms with Crippen molar-refractivity contribution >= 4 is 53.3 Å². The van der Waals surface area contributed by atoms with Gasteiger partial charge in [0.1, 0.15) is 0 Å². The lowest BCUT2D eigenvalue weighted by Crippen LogP contribution is -2.05. The minimum absolute atomic E-state index is 0.414. The van der Waals surface area contributed by atoms with Gasteiger partial charge >= 0.3 is 6.18 Å². The Balaban J connectivity index is 1.26. The lowest BCUT2D eigenvalue weighted by Gasteiger charge is -2.17. The van der Waals surface area contributed by atoms with Crippen molar-refractivity contribution in [1.82, 2.24) is 19.5 Å². The zero-order valence-electron chi connectivity index (χ0n) is 28.4. The molecule has 3 aromatic heterocycles. The Morgan fingerprint density at radius 3 is 1.78 bits per heavy atom. The summed E-state index contributed by atoms with van der Waals surface area (Å²) in [5.41, 5.74) is 5.28. The topological polar surface area (TPSA) is 43.6 Å². The van der Waals surface area contributed by atoms with Crippen molar-refractivity contribution in [3.8, 4) is 51.0 Å². The van der Waals surface area contributed by atoms with E-state index in [1.165, 1.54) is 32.3 Å². The van der Waals surface area contributed by atoms with E-state index in [-0.39, 0.29) is 0 Å². The van der Waals surface area contributed by atoms with E-state index in [2.05, 4.69) is 53.1 Å². The van der Waals surface area contributed by atoms with Crippen molar-refractivity contribution < 1.29 is 13.2 Å². The third-order valence-corrected chi connectivity index (χ3v) is 11.1. The third-order valence-electron chi connectivity index (χ3n) is 9.88. The summed E-state index contributed by atoms with van der Waals surface area (Å²) in [7, 11) is 0. The predicted molar refractivity (Wildman–Crippen MR) is 214 cm³/mol. The third kappa shape index (κ3) is 5.33. The summed E-state index contributed by atoms with van der Waals surface area (Å²) in [6, 6.07) is 51.6. The molecule has 4 nitrogen and oxygen atoms in total. The van der Waals surface area contributed by atoms with E-state index in [0.717, 1.165) is 44.7 Å². The quantitative estimate of drug-likeness (QED) is 0.177. The van der Waals surface area contributed by atoms with E-state index < -0.39 is 11.7 Å². The monoisotopic (exact) mass is 724 g/mol. The van der Waals surface area contributed by atoms with Gasteiger partial charge < -0.3 is 4.57 Å². The molecule has 0 atom stereocenters. The molecular formula is C46H27F3N4S. The number of benzene rings is 7. The highest BCUT2D eigenvalue weighted by atomic mass is 32.1. The van der Waals surface area contributed by atoms with Crippen LogP contribution in [0.2, 0.25) is 0 Å². The van der Waals surface area contributed by atoms with Crippen LogP contribution in [0, 0.1) is 0 Å². The standard InChI is InChI=1S/C46H27F3N4S/c47-46(48,49)32-17-11-16-30(26-32)36-27-31(45-51-43(28-12-3-1-4-13-28)50-44(52-45)29-14-5-2-6-15-29)22-24-38(36)53-37-20-9-7-19-35(37)41-39(53)25-23-34-33-18-8-10-21-40(33)54-42(34)41/h1-27H. The molecule has 0 bridgehead atoms. The number of hydrogen-bond donors (Lipinski definition) is 0. The molecule has 10 aromatic rings. The molecule has 0 aliphatic rings. The van der Waals surface area contributed by atoms with Crippen molar-refractivity contribution in [2.24, 2.45) is 0 Å². The van der Waals surface area contributed by atoms with Crippen LogP contribution in [0.1, 0.15) is 5.56 Å². The summed E-state index contributed by atoms with van der Waals surface area (Å²) in [6.45, 7) is 0. The van der Waals surface area contributed by atoms with Crippen LogP contribution in [0.5, 0.6) is 0 Å². The number of thiophene rings is 1. The molecule has 0 N–H and O–H groups in total. The summed E-state index contributed by atoms with van der Waals surface area (Å²) in [4.78, 5) is 14.7. The summed E-state index contributed by atoms with van der Waals surface area (Å²) in [5, 5.41) is 4.56. The largest absolute Gasteiger partial charge is 0.416 e. The number of nitrogens with zero attached hydrogens (tertiary/aromatic N) is 4. The fourth-order valence-electron chi connectivity index (χ4n) is 7.40. The molecule has 258 valence electrons. The molecule has 8 heteroatoms. The maximum absolute atomic E-state index is 14.2. The molecule has 0 aliphatic heterocycles. The number of fused-ring (bicyclic) bond motifs is 7. The van der Waals surface area contributed by atoms with Gasteiger partial charge in [0, 0.05) is 53.2 Å². The van der Waals surface area contributed by atoms with Gasteiger partial charge in [0.25, 0.3) is 0 Å². The highest BCUT2D eigenvalue weighted by Crippen LogP contribution is 2.45. The lowest BCUT2D eigenvalue weighted by molar-refractivity contribution is -0.137. The summed E-state index contributed by atoms with van der Waals surface area (Å²) >= 11 is 1.76. The molecular weight excluding hydrogens is 698 g/mol. The van der Waals surface area contributed by atoms with E-state index in [1.54, 1.807) is 17.4 Å². The molecule has 0 spiro atoms. The molecule has 0 saturated carbocycles. The predicted octanol–water partition coefficient (Wildman–Crippen LogP) is 13.0. The molecule has 7 aromatic carbocycles. The van der Waals surface area contributed by atoms with Crippen LogP contribution in [0.15, 0.2) is 164 Å². The van der Waals surface area contributed by atoms with Crippen LogP contribution in [0.25, 0.3) is 93.0 Å². The van der Waals surface area contributed by atoms with Crippen molar-refractivity contribution in [1.29, 1.82) is 0 Å². The molecule has 0 aliphatic carbocycles. The Bertz CT molecular complexity index is 2980. The fourth-order valence-corrected chi connectivity index (χ4v) is 8.66. The van der Waals surface area contributed by atoms with E-state index in [1.807, 2.05) is 91.0 Å². The minimum atomic E-state index is -4.52. The maximum Gasteiger partial charge on any atom is 0.416 e. The van der Waals surface area contributed by atoms with Crippen LogP contribution in [-0.4, -0.2) is 19.5 Å². The van der Waals surface area contributed by atoms with Crippen molar-refractivity contribution in [3.05, 3.63) is 169 Å². The van der Waals surface area contributed by atoms with Gasteiger partial charge in [0.15, 0.2) is 17.5 Å². The SMILES string of the molecule is FC(F)(F)c1cccc(-c2cc(-c3nc(-c4ccccc4)nc(-c4ccccc4)n3)ccc2-n2c3ccccc3c3c4sc5ccccc5c4ccc32)c1. The number of alkyl halides is 3. The van der Waals surface area contributed by atoms with Crippen LogP contribution in [0.4, 0.5) is 13.2 Å². The zero-order chi connectivity index (χ0) is 36.4. The number of hydrogen-bond acceptors (Lipinski definition) is 4. The van der Waals surface area contributed by atoms with Gasteiger partial charge in [-0.05, 0) is 54.1 Å². The Kier molecular flexibility index (Phi) is 7.42. The van der Waals surface area contributed by atoms with Gasteiger partial charge in [-0.25, -0.2) is 15.0 Å². The second-order valence-electron chi connectivity index (χ2n) is 13.1. The van der Waals surface area contributed by atoms with Crippen molar-refractivity contribution in [2.45, 2.75) is 6.18 Å². The smallest absolute Gasteiger partial charge is 0.309 e. The number of rotatable bonds is 5. The van der Waals surface area contributed by atoms with E-state index in [0.29, 0.717) is 34.2 Å². The highest BCUT2D eigenvalue weighted by Gasteiger charge is 2.31. The van der Waals surface area contributed by atoms with Gasteiger partial charge in [0.2, 0.25) is 0 Å². The Morgan fingerprint density at radius 1 is 0.463 bits per heavy atom. The lowest BCUT2D eigenvalue weighted by atomic mass is 9.98. The van der Waals surface area contributed by atoms with Crippen LogP contribution in [-0.2, 0) is 6.18 Å². The van der Waals surface area contributed by atoms with Gasteiger partial charge in [-0.3, -0.25) is 0 Å². The molecule has 0 radical (unpaired) electrons. The number of halogens is 3. The molecule has 10 rings (SSSR count). The number of aromatic nitrogens is 4. The molecule has 3 heterocycles. The first-order valence-corrected chi connectivity index (χ1v) is 18.3. The molecule has 0 unspecified atom stereocenters. The first-order valence-electron chi connectivity index (χ1n) is 17.4.